The van der Waals surface area contributed by atoms with Crippen LogP contribution in [0.1, 0.15) is 0 Å². The molecule has 1 aromatic heterocycles. The van der Waals surface area contributed by atoms with Crippen LogP contribution in [0, 0.1) is 0 Å². The van der Waals surface area contributed by atoms with Crippen LogP contribution in [0.4, 0.5) is 5.82 Å². The Morgan fingerprint density at radius 2 is 2.08 bits per heavy atom. The topological polar surface area (TPSA) is 42.0 Å². The van der Waals surface area contributed by atoms with E-state index in [1.54, 1.807) is 6.20 Å². The highest BCUT2D eigenvalue weighted by Gasteiger charge is 1.98. The Morgan fingerprint density at radius 1 is 1.23 bits per heavy atom. The summed E-state index contributed by atoms with van der Waals surface area (Å²) in [5.74, 6) is 0.605. The van der Waals surface area contributed by atoms with Gasteiger partial charge >= 0.3 is 0 Å². The minimum Gasteiger partial charge on any atom is -0.313 e. The predicted molar refractivity (Wildman–Crippen MR) is 51.4 cm³/mol. The van der Waals surface area contributed by atoms with Crippen LogP contribution in [0.2, 0.25) is 0 Å². The zero-order valence-corrected chi connectivity index (χ0v) is 6.90. The van der Waals surface area contributed by atoms with Crippen molar-refractivity contribution in [3.8, 4) is 0 Å². The van der Waals surface area contributed by atoms with Gasteiger partial charge in [0.2, 0.25) is 6.41 Å². The summed E-state index contributed by atoms with van der Waals surface area (Å²) in [6.45, 7) is 0. The Morgan fingerprint density at radius 3 is 2.92 bits per heavy atom. The number of amides is 1. The zero-order chi connectivity index (χ0) is 9.10. The highest BCUT2D eigenvalue weighted by molar-refractivity contribution is 5.94. The van der Waals surface area contributed by atoms with E-state index in [1.165, 1.54) is 0 Å². The van der Waals surface area contributed by atoms with Gasteiger partial charge in [-0.3, -0.25) is 4.79 Å². The number of aromatic nitrogens is 1. The van der Waals surface area contributed by atoms with Crippen molar-refractivity contribution in [2.45, 2.75) is 0 Å². The highest BCUT2D eigenvalue weighted by Crippen LogP contribution is 2.19. The number of nitrogens with zero attached hydrogens (tertiary/aromatic N) is 1. The molecule has 0 fully saturated rings. The molecule has 1 aromatic carbocycles. The third-order valence-corrected chi connectivity index (χ3v) is 1.87. The predicted octanol–water partition coefficient (Wildman–Crippen LogP) is 1.80. The molecule has 1 N–H and O–H groups in total. The normalized spacial score (nSPS) is 9.85. The Bertz CT molecular complexity index is 434. The van der Waals surface area contributed by atoms with Gasteiger partial charge in [-0.05, 0) is 11.5 Å². The molecule has 0 aliphatic rings. The van der Waals surface area contributed by atoms with Gasteiger partial charge in [0.15, 0.2) is 0 Å². The Kier molecular flexibility index (Phi) is 1.92. The summed E-state index contributed by atoms with van der Waals surface area (Å²) in [6, 6.07) is 9.68. The van der Waals surface area contributed by atoms with Crippen LogP contribution < -0.4 is 5.32 Å². The Labute approximate surface area is 75.4 Å². The van der Waals surface area contributed by atoms with Gasteiger partial charge in [-0.1, -0.05) is 24.3 Å². The zero-order valence-electron chi connectivity index (χ0n) is 6.90. The maximum absolute atomic E-state index is 10.3. The Hall–Kier alpha value is -1.90. The van der Waals surface area contributed by atoms with Crippen LogP contribution in [-0.4, -0.2) is 11.4 Å². The van der Waals surface area contributed by atoms with E-state index in [9.17, 15) is 4.79 Å². The molecule has 2 rings (SSSR count). The number of rotatable bonds is 2. The summed E-state index contributed by atoms with van der Waals surface area (Å²) < 4.78 is 0. The molecular formula is C10H8N2O. The van der Waals surface area contributed by atoms with Crippen molar-refractivity contribution in [1.82, 2.24) is 4.98 Å². The van der Waals surface area contributed by atoms with Crippen LogP contribution in [-0.2, 0) is 4.79 Å². The molecule has 0 radical (unpaired) electrons. The van der Waals surface area contributed by atoms with Crippen molar-refractivity contribution in [1.29, 1.82) is 0 Å². The van der Waals surface area contributed by atoms with E-state index in [0.29, 0.717) is 12.2 Å². The van der Waals surface area contributed by atoms with Crippen molar-refractivity contribution >= 4 is 23.0 Å². The first-order valence-electron chi connectivity index (χ1n) is 3.96. The summed E-state index contributed by atoms with van der Waals surface area (Å²) in [5.41, 5.74) is 0. The number of carbonyl (C=O) groups excluding carboxylic acids is 1. The third-order valence-electron chi connectivity index (χ3n) is 1.87. The second kappa shape index (κ2) is 3.23. The van der Waals surface area contributed by atoms with Gasteiger partial charge in [-0.2, -0.15) is 0 Å². The van der Waals surface area contributed by atoms with Crippen molar-refractivity contribution in [2.24, 2.45) is 0 Å². The van der Waals surface area contributed by atoms with E-state index in [2.05, 4.69) is 10.3 Å². The summed E-state index contributed by atoms with van der Waals surface area (Å²) >= 11 is 0. The number of fused-ring (bicyclic) bond motifs is 1. The van der Waals surface area contributed by atoms with Gasteiger partial charge in [-0.25, -0.2) is 4.98 Å². The van der Waals surface area contributed by atoms with E-state index in [4.69, 9.17) is 0 Å². The first-order valence-corrected chi connectivity index (χ1v) is 3.96. The fraction of sp³-hybridized carbons (Fsp3) is 0. The molecule has 0 spiro atoms. The fourth-order valence-electron chi connectivity index (χ4n) is 1.29. The second-order valence-electron chi connectivity index (χ2n) is 2.64. The standard InChI is InChI=1S/C10H8N2O/c13-7-12-10-9-4-2-1-3-8(9)5-6-11-10/h1-7H,(H,11,12,13). The lowest BCUT2D eigenvalue weighted by Crippen LogP contribution is -1.96. The van der Waals surface area contributed by atoms with Crippen molar-refractivity contribution in [3.05, 3.63) is 36.5 Å². The molecule has 3 nitrogen and oxygen atoms in total. The molecule has 0 bridgehead atoms. The minimum absolute atomic E-state index is 0.605. The molecule has 1 amide bonds. The number of anilines is 1. The van der Waals surface area contributed by atoms with E-state index >= 15 is 0 Å². The van der Waals surface area contributed by atoms with Gasteiger partial charge < -0.3 is 5.32 Å². The average Bonchev–Trinajstić information content (AvgIpc) is 2.19. The van der Waals surface area contributed by atoms with Crippen molar-refractivity contribution in [3.63, 3.8) is 0 Å². The number of pyridine rings is 1. The second-order valence-corrected chi connectivity index (χ2v) is 2.64. The van der Waals surface area contributed by atoms with Gasteiger partial charge in [0, 0.05) is 11.6 Å². The molecule has 0 unspecified atom stereocenters. The maximum Gasteiger partial charge on any atom is 0.212 e. The lowest BCUT2D eigenvalue weighted by atomic mass is 10.2. The molecule has 0 saturated carbocycles. The van der Waals surface area contributed by atoms with E-state index in [0.717, 1.165) is 10.8 Å². The van der Waals surface area contributed by atoms with Crippen molar-refractivity contribution in [2.75, 3.05) is 5.32 Å². The van der Waals surface area contributed by atoms with Crippen LogP contribution in [0.15, 0.2) is 36.5 Å². The molecule has 13 heavy (non-hydrogen) atoms. The lowest BCUT2D eigenvalue weighted by Gasteiger charge is -2.02. The van der Waals surface area contributed by atoms with Gasteiger partial charge in [0.25, 0.3) is 0 Å². The molecule has 1 heterocycles. The monoisotopic (exact) mass is 172 g/mol. The van der Waals surface area contributed by atoms with E-state index < -0.39 is 0 Å². The van der Waals surface area contributed by atoms with Crippen LogP contribution in [0.3, 0.4) is 0 Å². The van der Waals surface area contributed by atoms with Gasteiger partial charge in [-0.15, -0.1) is 0 Å². The summed E-state index contributed by atoms with van der Waals surface area (Å²) in [5, 5.41) is 4.59. The van der Waals surface area contributed by atoms with Crippen LogP contribution >= 0.6 is 0 Å². The molecular weight excluding hydrogens is 164 g/mol. The molecule has 0 atom stereocenters. The highest BCUT2D eigenvalue weighted by atomic mass is 16.1. The van der Waals surface area contributed by atoms with E-state index in [-0.39, 0.29) is 0 Å². The largest absolute Gasteiger partial charge is 0.313 e. The molecule has 0 aliphatic heterocycles. The number of hydrogen-bond acceptors (Lipinski definition) is 2. The first-order chi connectivity index (χ1) is 6.42. The smallest absolute Gasteiger partial charge is 0.212 e. The van der Waals surface area contributed by atoms with Crippen LogP contribution in [0.5, 0.6) is 0 Å². The number of hydrogen-bond donors (Lipinski definition) is 1. The summed E-state index contributed by atoms with van der Waals surface area (Å²) in [4.78, 5) is 14.3. The van der Waals surface area contributed by atoms with E-state index in [1.807, 2.05) is 30.3 Å². The summed E-state index contributed by atoms with van der Waals surface area (Å²) in [6.07, 6.45) is 2.31. The minimum atomic E-state index is 0.605. The molecule has 3 heteroatoms. The van der Waals surface area contributed by atoms with Gasteiger partial charge in [0.1, 0.15) is 5.82 Å². The first kappa shape index (κ1) is 7.73. The number of benzene rings is 1. The fourth-order valence-corrected chi connectivity index (χ4v) is 1.29. The Balaban J connectivity index is 2.68. The SMILES string of the molecule is O=CNc1nccc2ccccc12. The summed E-state index contributed by atoms with van der Waals surface area (Å²) in [7, 11) is 0. The molecule has 0 aliphatic carbocycles. The lowest BCUT2D eigenvalue weighted by molar-refractivity contribution is -0.105. The van der Waals surface area contributed by atoms with Crippen molar-refractivity contribution < 1.29 is 4.79 Å². The maximum atomic E-state index is 10.3. The third kappa shape index (κ3) is 1.36. The number of nitrogens with one attached hydrogen (secondary N) is 1. The quantitative estimate of drug-likeness (QED) is 0.702. The average molecular weight is 172 g/mol. The van der Waals surface area contributed by atoms with Crippen LogP contribution in [0.25, 0.3) is 10.8 Å². The molecule has 2 aromatic rings. The molecule has 64 valence electrons. The molecule has 0 saturated heterocycles. The van der Waals surface area contributed by atoms with Gasteiger partial charge in [0.05, 0.1) is 0 Å². The number of carbonyl (C=O) groups is 1.